The highest BCUT2D eigenvalue weighted by molar-refractivity contribution is 7.89. The van der Waals surface area contributed by atoms with Crippen molar-refractivity contribution in [3.63, 3.8) is 0 Å². The lowest BCUT2D eigenvalue weighted by Gasteiger charge is -2.20. The van der Waals surface area contributed by atoms with Crippen molar-refractivity contribution in [2.75, 3.05) is 37.6 Å². The number of carbonyl (C=O) groups excluding carboxylic acids is 1. The zero-order valence-corrected chi connectivity index (χ0v) is 17.7. The Bertz CT molecular complexity index is 759. The maximum atomic E-state index is 12.7. The van der Waals surface area contributed by atoms with E-state index < -0.39 is 10.0 Å². The highest BCUT2D eigenvalue weighted by Gasteiger charge is 2.28. The maximum Gasteiger partial charge on any atom is 0.243 e. The van der Waals surface area contributed by atoms with Crippen molar-refractivity contribution in [1.82, 2.24) is 9.62 Å². The second-order valence-corrected chi connectivity index (χ2v) is 9.01. The first-order valence-corrected chi connectivity index (χ1v) is 11.1. The molecule has 1 unspecified atom stereocenters. The summed E-state index contributed by atoms with van der Waals surface area (Å²) in [5.74, 6) is 0.748. The number of anilines is 1. The number of benzene rings is 1. The van der Waals surface area contributed by atoms with Crippen LogP contribution in [-0.2, 0) is 21.2 Å². The summed E-state index contributed by atoms with van der Waals surface area (Å²) in [5.41, 5.74) is 1.83. The van der Waals surface area contributed by atoms with Crippen molar-refractivity contribution < 1.29 is 13.2 Å². The molecule has 1 amide bonds. The van der Waals surface area contributed by atoms with Crippen LogP contribution in [0.4, 0.5) is 5.69 Å². The van der Waals surface area contributed by atoms with E-state index in [2.05, 4.69) is 5.32 Å². The molecule has 1 saturated heterocycles. The van der Waals surface area contributed by atoms with E-state index in [0.29, 0.717) is 43.3 Å². The van der Waals surface area contributed by atoms with E-state index in [1.807, 2.05) is 18.7 Å². The van der Waals surface area contributed by atoms with Gasteiger partial charge in [-0.1, -0.05) is 13.8 Å². The monoisotopic (exact) mass is 415 g/mol. The van der Waals surface area contributed by atoms with Crippen LogP contribution >= 0.6 is 12.4 Å². The molecule has 0 aromatic heterocycles. The van der Waals surface area contributed by atoms with Gasteiger partial charge in [0.1, 0.15) is 0 Å². The van der Waals surface area contributed by atoms with E-state index in [1.54, 1.807) is 18.2 Å². The van der Waals surface area contributed by atoms with Crippen LogP contribution in [0.3, 0.4) is 0 Å². The van der Waals surface area contributed by atoms with E-state index in [9.17, 15) is 13.2 Å². The number of nitrogens with zero attached hydrogens (tertiary/aromatic N) is 2. The predicted molar refractivity (Wildman–Crippen MR) is 110 cm³/mol. The zero-order chi connectivity index (χ0) is 18.7. The number of hydrogen-bond donors (Lipinski definition) is 1. The van der Waals surface area contributed by atoms with Gasteiger partial charge in [-0.15, -0.1) is 12.4 Å². The molecular formula is C19H30ClN3O3S. The first-order chi connectivity index (χ1) is 12.5. The number of amides is 1. The highest BCUT2D eigenvalue weighted by Crippen LogP contribution is 2.32. The molecule has 152 valence electrons. The molecule has 2 heterocycles. The topological polar surface area (TPSA) is 69.7 Å². The van der Waals surface area contributed by atoms with Gasteiger partial charge in [0.15, 0.2) is 0 Å². The summed E-state index contributed by atoms with van der Waals surface area (Å²) < 4.78 is 26.9. The molecule has 2 aliphatic heterocycles. The Balaban J connectivity index is 0.00000261. The third kappa shape index (κ3) is 4.65. The van der Waals surface area contributed by atoms with Crippen molar-refractivity contribution in [1.29, 1.82) is 0 Å². The summed E-state index contributed by atoms with van der Waals surface area (Å²) in [6.45, 7) is 7.30. The SMILES string of the molecule is CCN(CC)S(=O)(=O)c1ccc2c(c1)CCN2C(=O)CCC1CCNC1.Cl. The minimum absolute atomic E-state index is 0. The van der Waals surface area contributed by atoms with Gasteiger partial charge in [-0.05, 0) is 62.0 Å². The van der Waals surface area contributed by atoms with Crippen LogP contribution in [0.5, 0.6) is 0 Å². The van der Waals surface area contributed by atoms with E-state index in [-0.39, 0.29) is 18.3 Å². The third-order valence-electron chi connectivity index (χ3n) is 5.52. The zero-order valence-electron chi connectivity index (χ0n) is 16.1. The predicted octanol–water partition coefficient (Wildman–Crippen LogP) is 2.42. The van der Waals surface area contributed by atoms with Gasteiger partial charge in [-0.25, -0.2) is 8.42 Å². The van der Waals surface area contributed by atoms with Crippen LogP contribution in [0.1, 0.15) is 38.7 Å². The minimum atomic E-state index is -3.46. The Labute approximate surface area is 168 Å². The van der Waals surface area contributed by atoms with E-state index in [0.717, 1.165) is 37.2 Å². The van der Waals surface area contributed by atoms with Gasteiger partial charge in [0.05, 0.1) is 4.90 Å². The van der Waals surface area contributed by atoms with E-state index in [4.69, 9.17) is 0 Å². The molecule has 1 fully saturated rings. The molecule has 1 aromatic carbocycles. The summed E-state index contributed by atoms with van der Waals surface area (Å²) in [6.07, 6.45) is 3.35. The number of fused-ring (bicyclic) bond motifs is 1. The molecular weight excluding hydrogens is 386 g/mol. The first kappa shape index (κ1) is 22.1. The summed E-state index contributed by atoms with van der Waals surface area (Å²) in [6, 6.07) is 5.18. The largest absolute Gasteiger partial charge is 0.316 e. The first-order valence-electron chi connectivity index (χ1n) is 9.61. The van der Waals surface area contributed by atoms with Gasteiger partial charge in [-0.3, -0.25) is 4.79 Å². The summed E-state index contributed by atoms with van der Waals surface area (Å²) >= 11 is 0. The molecule has 0 spiro atoms. The van der Waals surface area contributed by atoms with Crippen molar-refractivity contribution in [3.05, 3.63) is 23.8 Å². The van der Waals surface area contributed by atoms with Crippen molar-refractivity contribution in [2.24, 2.45) is 5.92 Å². The number of nitrogens with one attached hydrogen (secondary N) is 1. The number of rotatable bonds is 7. The molecule has 0 saturated carbocycles. The molecule has 6 nitrogen and oxygen atoms in total. The molecule has 0 bridgehead atoms. The average molecular weight is 416 g/mol. The Morgan fingerprint density at radius 2 is 2.04 bits per heavy atom. The van der Waals surface area contributed by atoms with Crippen LogP contribution in [-0.4, -0.2) is 51.4 Å². The maximum absolute atomic E-state index is 12.7. The number of sulfonamides is 1. The lowest BCUT2D eigenvalue weighted by molar-refractivity contribution is -0.118. The standard InChI is InChI=1S/C19H29N3O3S.ClH/c1-3-21(4-2)26(24,25)17-6-7-18-16(13-17)10-12-22(18)19(23)8-5-15-9-11-20-14-15;/h6-7,13,15,20H,3-5,8-12,14H2,1-2H3;1H. The Hall–Kier alpha value is -1.15. The van der Waals surface area contributed by atoms with Gasteiger partial charge >= 0.3 is 0 Å². The fourth-order valence-electron chi connectivity index (χ4n) is 3.93. The van der Waals surface area contributed by atoms with Crippen molar-refractivity contribution in [3.8, 4) is 0 Å². The molecule has 27 heavy (non-hydrogen) atoms. The molecule has 2 aliphatic rings. The average Bonchev–Trinajstić information content (AvgIpc) is 3.29. The lowest BCUT2D eigenvalue weighted by atomic mass is 10.0. The van der Waals surface area contributed by atoms with Crippen molar-refractivity contribution in [2.45, 2.75) is 44.4 Å². The molecule has 1 N–H and O–H groups in total. The van der Waals surface area contributed by atoms with Gasteiger partial charge in [0.25, 0.3) is 0 Å². The molecule has 1 atom stereocenters. The highest BCUT2D eigenvalue weighted by atomic mass is 35.5. The molecule has 1 aromatic rings. The van der Waals surface area contributed by atoms with Crippen LogP contribution in [0.15, 0.2) is 23.1 Å². The molecule has 3 rings (SSSR count). The second kappa shape index (κ2) is 9.37. The van der Waals surface area contributed by atoms with Crippen LogP contribution < -0.4 is 10.2 Å². The number of hydrogen-bond acceptors (Lipinski definition) is 4. The summed E-state index contributed by atoms with van der Waals surface area (Å²) in [7, 11) is -3.46. The molecule has 8 heteroatoms. The normalized spacial score (nSPS) is 19.2. The second-order valence-electron chi connectivity index (χ2n) is 7.07. The van der Waals surface area contributed by atoms with Crippen molar-refractivity contribution >= 4 is 34.0 Å². The van der Waals surface area contributed by atoms with Crippen LogP contribution in [0, 0.1) is 5.92 Å². The van der Waals surface area contributed by atoms with E-state index in [1.165, 1.54) is 4.31 Å². The fourth-order valence-corrected chi connectivity index (χ4v) is 5.44. The Morgan fingerprint density at radius 3 is 2.67 bits per heavy atom. The molecule has 0 radical (unpaired) electrons. The van der Waals surface area contributed by atoms with E-state index >= 15 is 0 Å². The number of halogens is 1. The van der Waals surface area contributed by atoms with Gasteiger partial charge < -0.3 is 10.2 Å². The van der Waals surface area contributed by atoms with Gasteiger partial charge in [0, 0.05) is 31.7 Å². The molecule has 0 aliphatic carbocycles. The fraction of sp³-hybridized carbons (Fsp3) is 0.632. The van der Waals surface area contributed by atoms with Crippen LogP contribution in [0.2, 0.25) is 0 Å². The number of carbonyl (C=O) groups is 1. The Morgan fingerprint density at radius 1 is 1.30 bits per heavy atom. The van der Waals surface area contributed by atoms with Gasteiger partial charge in [0.2, 0.25) is 15.9 Å². The summed E-state index contributed by atoms with van der Waals surface area (Å²) in [4.78, 5) is 14.8. The third-order valence-corrected chi connectivity index (χ3v) is 7.57. The van der Waals surface area contributed by atoms with Crippen LogP contribution in [0.25, 0.3) is 0 Å². The lowest BCUT2D eigenvalue weighted by Crippen LogP contribution is -2.31. The summed E-state index contributed by atoms with van der Waals surface area (Å²) in [5, 5.41) is 3.33. The smallest absolute Gasteiger partial charge is 0.243 e. The quantitative estimate of drug-likeness (QED) is 0.742. The van der Waals surface area contributed by atoms with Gasteiger partial charge in [-0.2, -0.15) is 4.31 Å². The Kier molecular flexibility index (Phi) is 7.68. The minimum Gasteiger partial charge on any atom is -0.316 e.